The van der Waals surface area contributed by atoms with Crippen molar-refractivity contribution in [2.75, 3.05) is 12.3 Å². The Morgan fingerprint density at radius 3 is 2.35 bits per heavy atom. The predicted octanol–water partition coefficient (Wildman–Crippen LogP) is 0.472. The van der Waals surface area contributed by atoms with Gasteiger partial charge >= 0.3 is 5.97 Å². The second-order valence-corrected chi connectivity index (χ2v) is 6.42. The van der Waals surface area contributed by atoms with Crippen molar-refractivity contribution in [2.45, 2.75) is 25.8 Å². The van der Waals surface area contributed by atoms with Gasteiger partial charge in [0.05, 0.1) is 5.75 Å². The normalized spacial score (nSPS) is 11.4. The zero-order chi connectivity index (χ0) is 15.0. The van der Waals surface area contributed by atoms with E-state index in [1.807, 2.05) is 24.3 Å². The van der Waals surface area contributed by atoms with Gasteiger partial charge in [-0.1, -0.05) is 24.3 Å². The summed E-state index contributed by atoms with van der Waals surface area (Å²) in [4.78, 5) is 10.3. The third kappa shape index (κ3) is 6.65. The lowest BCUT2D eigenvalue weighted by Crippen LogP contribution is -2.26. The number of hydrogen-bond donors (Lipinski definition) is 3. The van der Waals surface area contributed by atoms with Crippen LogP contribution in [-0.4, -0.2) is 31.8 Å². The van der Waals surface area contributed by atoms with Crippen LogP contribution in [0.4, 0.5) is 0 Å². The monoisotopic (exact) mass is 300 g/mol. The Labute approximate surface area is 119 Å². The Balaban J connectivity index is 2.43. The first kappa shape index (κ1) is 16.6. The number of benzene rings is 1. The summed E-state index contributed by atoms with van der Waals surface area (Å²) >= 11 is 0. The average molecular weight is 300 g/mol. The molecule has 1 aromatic carbocycles. The number of aliphatic carboxylic acids is 1. The summed E-state index contributed by atoms with van der Waals surface area (Å²) in [5.41, 5.74) is 7.41. The van der Waals surface area contributed by atoms with Crippen LogP contribution in [0, 0.1) is 0 Å². The molecule has 0 aliphatic heterocycles. The van der Waals surface area contributed by atoms with Crippen molar-refractivity contribution in [2.24, 2.45) is 5.73 Å². The number of rotatable bonds is 9. The maximum absolute atomic E-state index is 11.6. The van der Waals surface area contributed by atoms with E-state index < -0.39 is 16.0 Å². The standard InChI is InChI=1S/C13H20N2O4S/c14-8-7-11-3-5-12(6-4-11)10-15-20(18,19)9-1-2-13(16)17/h3-6,15H,1-2,7-10,14H2,(H,16,17). The quantitative estimate of drug-likeness (QED) is 0.614. The molecule has 0 saturated heterocycles. The maximum Gasteiger partial charge on any atom is 0.303 e. The second-order valence-electron chi connectivity index (χ2n) is 4.49. The summed E-state index contributed by atoms with van der Waals surface area (Å²) in [5, 5.41) is 8.46. The molecule has 4 N–H and O–H groups in total. The highest BCUT2D eigenvalue weighted by Gasteiger charge is 2.10. The minimum absolute atomic E-state index is 0.111. The molecule has 0 aliphatic rings. The molecule has 0 fully saturated rings. The number of nitrogens with two attached hydrogens (primary N) is 1. The number of carbonyl (C=O) groups is 1. The molecule has 0 unspecified atom stereocenters. The lowest BCUT2D eigenvalue weighted by Gasteiger charge is -2.07. The van der Waals surface area contributed by atoms with Crippen LogP contribution in [0.15, 0.2) is 24.3 Å². The van der Waals surface area contributed by atoms with Crippen molar-refractivity contribution in [3.63, 3.8) is 0 Å². The summed E-state index contributed by atoms with van der Waals surface area (Å²) in [6.45, 7) is 0.786. The SMILES string of the molecule is NCCc1ccc(CNS(=O)(=O)CCCC(=O)O)cc1. The lowest BCUT2D eigenvalue weighted by atomic mass is 10.1. The highest BCUT2D eigenvalue weighted by Crippen LogP contribution is 2.05. The Hall–Kier alpha value is -1.44. The summed E-state index contributed by atoms with van der Waals surface area (Å²) in [6, 6.07) is 7.54. The van der Waals surface area contributed by atoms with E-state index in [1.165, 1.54) is 0 Å². The van der Waals surface area contributed by atoms with E-state index in [4.69, 9.17) is 10.8 Å². The highest BCUT2D eigenvalue weighted by atomic mass is 32.2. The summed E-state index contributed by atoms with van der Waals surface area (Å²) in [5.74, 6) is -1.17. The van der Waals surface area contributed by atoms with E-state index >= 15 is 0 Å². The van der Waals surface area contributed by atoms with E-state index in [0.29, 0.717) is 6.54 Å². The van der Waals surface area contributed by atoms with Crippen molar-refractivity contribution in [1.29, 1.82) is 0 Å². The zero-order valence-corrected chi connectivity index (χ0v) is 12.0. The topological polar surface area (TPSA) is 109 Å². The second kappa shape index (κ2) is 7.98. The fraction of sp³-hybridized carbons (Fsp3) is 0.462. The van der Waals surface area contributed by atoms with Gasteiger partial charge < -0.3 is 10.8 Å². The van der Waals surface area contributed by atoms with Crippen LogP contribution in [0.2, 0.25) is 0 Å². The Kier molecular flexibility index (Phi) is 6.63. The van der Waals surface area contributed by atoms with Gasteiger partial charge in [0, 0.05) is 13.0 Å². The molecule has 112 valence electrons. The molecule has 0 bridgehead atoms. The van der Waals surface area contributed by atoms with Gasteiger partial charge in [0.2, 0.25) is 10.0 Å². The Bertz CT molecular complexity index is 526. The highest BCUT2D eigenvalue weighted by molar-refractivity contribution is 7.89. The molecule has 0 aromatic heterocycles. The first-order valence-corrected chi connectivity index (χ1v) is 8.05. The van der Waals surface area contributed by atoms with Crippen LogP contribution in [0.3, 0.4) is 0 Å². The maximum atomic E-state index is 11.6. The van der Waals surface area contributed by atoms with E-state index in [0.717, 1.165) is 17.5 Å². The molecule has 7 heteroatoms. The number of carboxylic acids is 1. The Morgan fingerprint density at radius 1 is 1.20 bits per heavy atom. The molecule has 20 heavy (non-hydrogen) atoms. The number of hydrogen-bond acceptors (Lipinski definition) is 4. The van der Waals surface area contributed by atoms with Gasteiger partial charge in [-0.3, -0.25) is 4.79 Å². The third-order valence-electron chi connectivity index (χ3n) is 2.76. The molecular weight excluding hydrogens is 280 g/mol. The molecule has 0 radical (unpaired) electrons. The number of nitrogens with one attached hydrogen (secondary N) is 1. The fourth-order valence-electron chi connectivity index (χ4n) is 1.67. The molecule has 1 aromatic rings. The van der Waals surface area contributed by atoms with Crippen LogP contribution < -0.4 is 10.5 Å². The summed E-state index contributed by atoms with van der Waals surface area (Å²) in [6.07, 6.45) is 0.760. The predicted molar refractivity (Wildman–Crippen MR) is 76.7 cm³/mol. The number of sulfonamides is 1. The van der Waals surface area contributed by atoms with E-state index in [-0.39, 0.29) is 25.1 Å². The van der Waals surface area contributed by atoms with E-state index in [2.05, 4.69) is 4.72 Å². The van der Waals surface area contributed by atoms with Crippen molar-refractivity contribution in [1.82, 2.24) is 4.72 Å². The molecule has 0 saturated carbocycles. The molecule has 1 rings (SSSR count). The van der Waals surface area contributed by atoms with Crippen LogP contribution >= 0.6 is 0 Å². The molecule has 0 aliphatic carbocycles. The van der Waals surface area contributed by atoms with Gasteiger partial charge in [0.1, 0.15) is 0 Å². The van der Waals surface area contributed by atoms with Gasteiger partial charge in [-0.2, -0.15) is 0 Å². The average Bonchev–Trinajstić information content (AvgIpc) is 2.38. The molecule has 0 amide bonds. The van der Waals surface area contributed by atoms with Gasteiger partial charge in [-0.25, -0.2) is 13.1 Å². The lowest BCUT2D eigenvalue weighted by molar-refractivity contribution is -0.137. The van der Waals surface area contributed by atoms with E-state index in [9.17, 15) is 13.2 Å². The number of carboxylic acid groups (broad SMARTS) is 1. The minimum Gasteiger partial charge on any atom is -0.481 e. The van der Waals surface area contributed by atoms with Gasteiger partial charge in [-0.05, 0) is 30.5 Å². The smallest absolute Gasteiger partial charge is 0.303 e. The zero-order valence-electron chi connectivity index (χ0n) is 11.2. The molecule has 6 nitrogen and oxygen atoms in total. The van der Waals surface area contributed by atoms with Crippen molar-refractivity contribution >= 4 is 16.0 Å². The Morgan fingerprint density at radius 2 is 1.80 bits per heavy atom. The summed E-state index contributed by atoms with van der Waals surface area (Å²) in [7, 11) is -3.43. The fourth-order valence-corrected chi connectivity index (χ4v) is 2.72. The van der Waals surface area contributed by atoms with Crippen molar-refractivity contribution in [3.05, 3.63) is 35.4 Å². The van der Waals surface area contributed by atoms with Crippen LogP contribution in [0.5, 0.6) is 0 Å². The first-order valence-electron chi connectivity index (χ1n) is 6.40. The molecule has 0 spiro atoms. The molecule has 0 heterocycles. The van der Waals surface area contributed by atoms with Crippen LogP contribution in [-0.2, 0) is 27.8 Å². The van der Waals surface area contributed by atoms with Gasteiger partial charge in [0.25, 0.3) is 0 Å². The largest absolute Gasteiger partial charge is 0.481 e. The van der Waals surface area contributed by atoms with Gasteiger partial charge in [-0.15, -0.1) is 0 Å². The van der Waals surface area contributed by atoms with E-state index in [1.54, 1.807) is 0 Å². The molecule has 0 atom stereocenters. The third-order valence-corrected chi connectivity index (χ3v) is 4.17. The first-order chi connectivity index (χ1) is 9.43. The van der Waals surface area contributed by atoms with Crippen molar-refractivity contribution < 1.29 is 18.3 Å². The van der Waals surface area contributed by atoms with Gasteiger partial charge in [0.15, 0.2) is 0 Å². The van der Waals surface area contributed by atoms with Crippen molar-refractivity contribution in [3.8, 4) is 0 Å². The molecular formula is C13H20N2O4S. The van der Waals surface area contributed by atoms with Crippen LogP contribution in [0.25, 0.3) is 0 Å². The minimum atomic E-state index is -3.43. The van der Waals surface area contributed by atoms with Crippen LogP contribution in [0.1, 0.15) is 24.0 Å². The summed E-state index contributed by atoms with van der Waals surface area (Å²) < 4.78 is 25.7.